The Hall–Kier alpha value is -4.21. The van der Waals surface area contributed by atoms with E-state index in [-0.39, 0.29) is 47.9 Å². The van der Waals surface area contributed by atoms with Gasteiger partial charge in [0.2, 0.25) is 5.82 Å². The highest BCUT2D eigenvalue weighted by molar-refractivity contribution is 7.91. The third-order valence-corrected chi connectivity index (χ3v) is 7.82. The highest BCUT2D eigenvalue weighted by atomic mass is 32.2. The maximum absolute atomic E-state index is 12.8. The number of rotatable bonds is 9. The van der Waals surface area contributed by atoms with Crippen LogP contribution in [0.25, 0.3) is 16.8 Å². The zero-order valence-corrected chi connectivity index (χ0v) is 22.1. The van der Waals surface area contributed by atoms with E-state index in [0.29, 0.717) is 28.9 Å². The molecule has 1 amide bonds. The van der Waals surface area contributed by atoms with Crippen molar-refractivity contribution in [2.24, 2.45) is 0 Å². The van der Waals surface area contributed by atoms with E-state index in [1.165, 1.54) is 28.1 Å². The van der Waals surface area contributed by atoms with Gasteiger partial charge < -0.3 is 25.5 Å². The van der Waals surface area contributed by atoms with Gasteiger partial charge in [-0.05, 0) is 25.8 Å². The van der Waals surface area contributed by atoms with Crippen LogP contribution in [0.5, 0.6) is 0 Å². The molecule has 0 spiro atoms. The molecule has 4 N–H and O–H groups in total. The largest absolute Gasteiger partial charge is 0.382 e. The summed E-state index contributed by atoms with van der Waals surface area (Å²) < 4.78 is 31.9. The van der Waals surface area contributed by atoms with Gasteiger partial charge in [-0.1, -0.05) is 12.6 Å². The van der Waals surface area contributed by atoms with Gasteiger partial charge >= 0.3 is 0 Å². The number of ether oxygens (including phenoxy) is 1. The Kier molecular flexibility index (Phi) is 6.65. The van der Waals surface area contributed by atoms with E-state index in [1.54, 1.807) is 25.3 Å². The van der Waals surface area contributed by atoms with Gasteiger partial charge in [-0.15, -0.1) is 10.2 Å². The van der Waals surface area contributed by atoms with Crippen LogP contribution in [-0.2, 0) is 26.6 Å². The number of nitrogens with zero attached hydrogens (tertiary/aromatic N) is 7. The van der Waals surface area contributed by atoms with Gasteiger partial charge in [-0.25, -0.2) is 13.4 Å². The molecule has 5 rings (SSSR count). The van der Waals surface area contributed by atoms with Crippen LogP contribution in [0.3, 0.4) is 0 Å². The SMILES string of the molecule is C=CN(C(=O)c1nnc[nH]1)C(C)CCc1nc2c(-c3ccc(C4(O)COC4)nc3)cnn2c(N)c1S(C)(=O)=O. The highest BCUT2D eigenvalue weighted by Crippen LogP contribution is 2.32. The number of amides is 1. The lowest BCUT2D eigenvalue weighted by molar-refractivity contribution is -0.186. The monoisotopic (exact) mass is 553 g/mol. The minimum atomic E-state index is -3.78. The number of aromatic nitrogens is 7. The zero-order chi connectivity index (χ0) is 27.9. The van der Waals surface area contributed by atoms with Crippen LogP contribution >= 0.6 is 0 Å². The number of aryl methyl sites for hydroxylation is 1. The van der Waals surface area contributed by atoms with Crippen LogP contribution in [-0.4, -0.2) is 84.6 Å². The van der Waals surface area contributed by atoms with Gasteiger partial charge in [0.05, 0.1) is 30.8 Å². The molecule has 4 aromatic rings. The van der Waals surface area contributed by atoms with Crippen LogP contribution in [0.2, 0.25) is 0 Å². The predicted octanol–water partition coefficient (Wildman–Crippen LogP) is 0.720. The third-order valence-electron chi connectivity index (χ3n) is 6.64. The van der Waals surface area contributed by atoms with Gasteiger partial charge in [-0.3, -0.25) is 9.78 Å². The number of nitrogen functional groups attached to an aromatic ring is 1. The number of sulfone groups is 1. The van der Waals surface area contributed by atoms with Crippen LogP contribution in [0.4, 0.5) is 5.82 Å². The number of carbonyl (C=O) groups excluding carboxylic acids is 1. The molecule has 0 saturated carbocycles. The number of aromatic amines is 1. The van der Waals surface area contributed by atoms with Gasteiger partial charge in [0.1, 0.15) is 17.0 Å². The molecular formula is C24H27N9O5S. The van der Waals surface area contributed by atoms with Gasteiger partial charge in [0.15, 0.2) is 21.1 Å². The minimum Gasteiger partial charge on any atom is -0.382 e. The second-order valence-corrected chi connectivity index (χ2v) is 11.4. The second-order valence-electron chi connectivity index (χ2n) is 9.42. The van der Waals surface area contributed by atoms with E-state index in [4.69, 9.17) is 10.5 Å². The summed E-state index contributed by atoms with van der Waals surface area (Å²) in [5.74, 6) is -0.434. The Morgan fingerprint density at radius 2 is 2.15 bits per heavy atom. The molecule has 0 aromatic carbocycles. The van der Waals surface area contributed by atoms with E-state index in [2.05, 4.69) is 36.8 Å². The smallest absolute Gasteiger partial charge is 0.295 e. The lowest BCUT2D eigenvalue weighted by Crippen LogP contribution is -2.47. The van der Waals surface area contributed by atoms with Gasteiger partial charge in [-0.2, -0.15) is 9.61 Å². The number of H-pyrrole nitrogens is 1. The summed E-state index contributed by atoms with van der Waals surface area (Å²) in [4.78, 5) is 25.8. The number of nitrogens with two attached hydrogens (primary N) is 1. The summed E-state index contributed by atoms with van der Waals surface area (Å²) in [5, 5.41) is 22.1. The quantitative estimate of drug-likeness (QED) is 0.264. The van der Waals surface area contributed by atoms with Gasteiger partial charge in [0, 0.05) is 35.8 Å². The number of anilines is 1. The maximum atomic E-state index is 12.8. The number of aliphatic hydroxyl groups is 1. The molecule has 4 aromatic heterocycles. The van der Waals surface area contributed by atoms with E-state index in [0.717, 1.165) is 6.26 Å². The van der Waals surface area contributed by atoms with Crippen molar-refractivity contribution in [2.45, 2.75) is 36.3 Å². The summed E-state index contributed by atoms with van der Waals surface area (Å²) >= 11 is 0. The molecule has 1 atom stereocenters. The fraction of sp³-hybridized carbons (Fsp3) is 0.333. The molecule has 0 aliphatic carbocycles. The van der Waals surface area contributed by atoms with Crippen molar-refractivity contribution >= 4 is 27.2 Å². The number of nitrogens with one attached hydrogen (secondary N) is 1. The molecule has 0 bridgehead atoms. The van der Waals surface area contributed by atoms with Crippen molar-refractivity contribution in [3.8, 4) is 11.1 Å². The van der Waals surface area contributed by atoms with Crippen LogP contribution in [0.1, 0.15) is 35.4 Å². The zero-order valence-electron chi connectivity index (χ0n) is 21.3. The van der Waals surface area contributed by atoms with E-state index in [9.17, 15) is 18.3 Å². The van der Waals surface area contributed by atoms with E-state index >= 15 is 0 Å². The molecule has 1 aliphatic heterocycles. The second kappa shape index (κ2) is 9.83. The molecule has 1 unspecified atom stereocenters. The molecule has 1 fully saturated rings. The Morgan fingerprint density at radius 1 is 1.38 bits per heavy atom. The summed E-state index contributed by atoms with van der Waals surface area (Å²) in [5.41, 5.74) is 7.55. The van der Waals surface area contributed by atoms with Crippen molar-refractivity contribution in [2.75, 3.05) is 25.2 Å². The van der Waals surface area contributed by atoms with E-state index in [1.807, 2.05) is 0 Å². The first kappa shape index (κ1) is 26.4. The van der Waals surface area contributed by atoms with Crippen LogP contribution in [0.15, 0.2) is 48.5 Å². The summed E-state index contributed by atoms with van der Waals surface area (Å²) in [6.45, 7) is 5.88. The first-order valence-electron chi connectivity index (χ1n) is 12.0. The van der Waals surface area contributed by atoms with Crippen molar-refractivity contribution < 1.29 is 23.1 Å². The Balaban J connectivity index is 1.49. The first-order valence-corrected chi connectivity index (χ1v) is 13.9. The lowest BCUT2D eigenvalue weighted by Gasteiger charge is -2.35. The Bertz CT molecular complexity index is 1650. The summed E-state index contributed by atoms with van der Waals surface area (Å²) in [6.07, 6.45) is 7.40. The molecule has 39 heavy (non-hydrogen) atoms. The number of hydrogen-bond acceptors (Lipinski definition) is 11. The van der Waals surface area contributed by atoms with Crippen molar-refractivity contribution in [1.82, 2.24) is 39.7 Å². The highest BCUT2D eigenvalue weighted by Gasteiger charge is 2.39. The topological polar surface area (TPSA) is 195 Å². The molecule has 15 heteroatoms. The summed E-state index contributed by atoms with van der Waals surface area (Å²) in [6, 6.07) is 3.10. The Morgan fingerprint density at radius 3 is 2.72 bits per heavy atom. The molecule has 14 nitrogen and oxygen atoms in total. The fourth-order valence-electron chi connectivity index (χ4n) is 4.48. The molecular weight excluding hydrogens is 526 g/mol. The average Bonchev–Trinajstić information content (AvgIpc) is 3.56. The maximum Gasteiger partial charge on any atom is 0.295 e. The van der Waals surface area contributed by atoms with Crippen molar-refractivity contribution in [3.05, 3.63) is 60.8 Å². The normalized spacial score (nSPS) is 15.6. The molecule has 5 heterocycles. The third kappa shape index (κ3) is 4.75. The fourth-order valence-corrected chi connectivity index (χ4v) is 5.52. The van der Waals surface area contributed by atoms with Crippen LogP contribution in [0, 0.1) is 0 Å². The number of pyridine rings is 1. The number of fused-ring (bicyclic) bond motifs is 1. The predicted molar refractivity (Wildman–Crippen MR) is 139 cm³/mol. The first-order chi connectivity index (χ1) is 18.5. The number of hydrogen-bond donors (Lipinski definition) is 3. The van der Waals surface area contributed by atoms with Crippen molar-refractivity contribution in [3.63, 3.8) is 0 Å². The minimum absolute atomic E-state index is 0.0582. The van der Waals surface area contributed by atoms with Crippen molar-refractivity contribution in [1.29, 1.82) is 0 Å². The summed E-state index contributed by atoms with van der Waals surface area (Å²) in [7, 11) is -3.78. The average molecular weight is 554 g/mol. The van der Waals surface area contributed by atoms with E-state index < -0.39 is 21.3 Å². The lowest BCUT2D eigenvalue weighted by atomic mass is 9.96. The molecule has 0 radical (unpaired) electrons. The number of carbonyl (C=O) groups is 1. The molecule has 1 saturated heterocycles. The standard InChI is InChI=1S/C24H27N9O5S/c1-4-32(23(34)21-27-13-28-31-21)14(2)5-7-17-19(39(3,36)37)20(25)33-22(30-17)16(10-29-33)15-6-8-18(26-9-15)24(35)11-38-12-24/h4,6,8-10,13-14,35H,1,5,7,11-12,25H2,2-3H3,(H,27,28,31). The van der Waals surface area contributed by atoms with Crippen LogP contribution < -0.4 is 5.73 Å². The van der Waals surface area contributed by atoms with Gasteiger partial charge in [0.25, 0.3) is 5.91 Å². The Labute approximate surface area is 223 Å². The molecule has 1 aliphatic rings. The molecule has 204 valence electrons.